The normalized spacial score (nSPS) is 39.1. The number of benzene rings is 1. The molecule has 2 bridgehead atoms. The first kappa shape index (κ1) is 20.2. The van der Waals surface area contributed by atoms with E-state index in [1.54, 1.807) is 0 Å². The van der Waals surface area contributed by atoms with Gasteiger partial charge in [-0.2, -0.15) is 0 Å². The van der Waals surface area contributed by atoms with E-state index in [0.29, 0.717) is 17.4 Å². The van der Waals surface area contributed by atoms with E-state index in [9.17, 15) is 4.79 Å². The maximum atomic E-state index is 11.7. The molecule has 3 saturated carbocycles. The monoisotopic (exact) mass is 404 g/mol. The molecule has 1 heterocycles. The van der Waals surface area contributed by atoms with Gasteiger partial charge in [0.05, 0.1) is 0 Å². The summed E-state index contributed by atoms with van der Waals surface area (Å²) >= 11 is 0. The molecule has 1 aliphatic heterocycles. The second-order valence-corrected chi connectivity index (χ2v) is 9.58. The molecule has 5 rings (SSSR count). The number of nitrogens with zero attached hydrogens (tertiary/aromatic N) is 1. The van der Waals surface area contributed by atoms with Gasteiger partial charge in [-0.15, -0.1) is 12.4 Å². The number of methoxy groups -OCH3 is 1. The Morgan fingerprint density at radius 2 is 1.86 bits per heavy atom. The van der Waals surface area contributed by atoms with Crippen molar-refractivity contribution in [3.8, 4) is 0 Å². The Bertz CT molecular complexity index is 715. The second-order valence-electron chi connectivity index (χ2n) is 9.58. The molecule has 1 aromatic carbocycles. The number of hydrogen-bond donors (Lipinski definition) is 1. The maximum Gasteiger partial charge on any atom is 0.248 e. The van der Waals surface area contributed by atoms with Crippen LogP contribution in [0.5, 0.6) is 0 Å². The third-order valence-electron chi connectivity index (χ3n) is 8.07. The summed E-state index contributed by atoms with van der Waals surface area (Å²) in [5, 5.41) is 0. The van der Waals surface area contributed by atoms with Crippen LogP contribution in [0, 0.1) is 29.6 Å². The molecule has 0 aromatic heterocycles. The van der Waals surface area contributed by atoms with Gasteiger partial charge in [-0.05, 0) is 67.6 Å². The largest absolute Gasteiger partial charge is 0.373 e. The van der Waals surface area contributed by atoms with Crippen LogP contribution in [0.25, 0.3) is 0 Å². The molecule has 4 nitrogen and oxygen atoms in total. The number of rotatable bonds is 5. The molecule has 5 heteroatoms. The van der Waals surface area contributed by atoms with Gasteiger partial charge in [0.2, 0.25) is 5.91 Å². The van der Waals surface area contributed by atoms with Crippen molar-refractivity contribution in [1.29, 1.82) is 0 Å². The molecule has 1 amide bonds. The molecule has 1 aromatic rings. The Kier molecular flexibility index (Phi) is 5.49. The SMILES string of the molecule is COC1(c2cccc(C(N)=O)c2)[C@@H]2CCC[C@H]1CN(CC1C[C@@H]3C[C@@H]3C1)C2.Cl. The number of piperidine rings is 1. The van der Waals surface area contributed by atoms with E-state index in [0.717, 1.165) is 36.4 Å². The summed E-state index contributed by atoms with van der Waals surface area (Å²) in [6.45, 7) is 3.52. The molecule has 3 aliphatic carbocycles. The Morgan fingerprint density at radius 3 is 2.46 bits per heavy atom. The van der Waals surface area contributed by atoms with Gasteiger partial charge in [0.25, 0.3) is 0 Å². The van der Waals surface area contributed by atoms with Crippen LogP contribution in [0.1, 0.15) is 54.4 Å². The summed E-state index contributed by atoms with van der Waals surface area (Å²) < 4.78 is 6.33. The standard InChI is InChI=1S/C23H32N2O2.ClH/c1-27-23(19-5-2-4-16(11-19)22(24)26)20-6-3-7-21(23)14-25(13-20)12-15-8-17-10-18(17)9-15;/h2,4-5,11,15,17-18,20-21H,3,6-10,12-14H2,1H3,(H2,24,26);1H/t15?,17-,18+,20-,21+,23?;. The van der Waals surface area contributed by atoms with Crippen molar-refractivity contribution in [1.82, 2.24) is 4.90 Å². The molecule has 0 radical (unpaired) electrons. The van der Waals surface area contributed by atoms with Gasteiger partial charge >= 0.3 is 0 Å². The van der Waals surface area contributed by atoms with Crippen molar-refractivity contribution in [2.75, 3.05) is 26.7 Å². The fourth-order valence-electron chi connectivity index (χ4n) is 6.87. The highest BCUT2D eigenvalue weighted by atomic mass is 35.5. The third-order valence-corrected chi connectivity index (χ3v) is 8.07. The van der Waals surface area contributed by atoms with Crippen molar-refractivity contribution >= 4 is 18.3 Å². The lowest BCUT2D eigenvalue weighted by atomic mass is 9.62. The summed E-state index contributed by atoms with van der Waals surface area (Å²) in [5.74, 6) is 3.68. The lowest BCUT2D eigenvalue weighted by Gasteiger charge is -2.55. The zero-order valence-electron chi connectivity index (χ0n) is 16.8. The fourth-order valence-corrected chi connectivity index (χ4v) is 6.87. The number of carbonyl (C=O) groups excluding carboxylic acids is 1. The van der Waals surface area contributed by atoms with E-state index < -0.39 is 0 Å². The van der Waals surface area contributed by atoms with Crippen molar-refractivity contribution in [2.24, 2.45) is 35.3 Å². The summed E-state index contributed by atoms with van der Waals surface area (Å²) in [4.78, 5) is 14.5. The second kappa shape index (κ2) is 7.62. The van der Waals surface area contributed by atoms with Gasteiger partial charge < -0.3 is 15.4 Å². The van der Waals surface area contributed by atoms with Gasteiger partial charge in [0, 0.05) is 44.1 Å². The fraction of sp³-hybridized carbons (Fsp3) is 0.696. The zero-order chi connectivity index (χ0) is 18.6. The molecule has 28 heavy (non-hydrogen) atoms. The molecule has 4 aliphatic rings. The molecule has 2 N–H and O–H groups in total. The summed E-state index contributed by atoms with van der Waals surface area (Å²) in [7, 11) is 1.86. The van der Waals surface area contributed by atoms with Crippen molar-refractivity contribution in [3.05, 3.63) is 35.4 Å². The summed E-state index contributed by atoms with van der Waals surface area (Å²) in [6.07, 6.45) is 8.14. The lowest BCUT2D eigenvalue weighted by molar-refractivity contribution is -0.170. The van der Waals surface area contributed by atoms with Gasteiger partial charge in [0.1, 0.15) is 5.60 Å². The van der Waals surface area contributed by atoms with Crippen molar-refractivity contribution in [2.45, 2.75) is 44.1 Å². The third kappa shape index (κ3) is 3.28. The quantitative estimate of drug-likeness (QED) is 0.811. The van der Waals surface area contributed by atoms with Crippen molar-refractivity contribution < 1.29 is 9.53 Å². The van der Waals surface area contributed by atoms with Crippen LogP contribution in [0.2, 0.25) is 0 Å². The number of amides is 1. The summed E-state index contributed by atoms with van der Waals surface area (Å²) in [6, 6.07) is 7.90. The Morgan fingerprint density at radius 1 is 1.18 bits per heavy atom. The van der Waals surface area contributed by atoms with Crippen LogP contribution in [0.15, 0.2) is 24.3 Å². The number of nitrogens with two attached hydrogens (primary N) is 1. The van der Waals surface area contributed by atoms with E-state index in [2.05, 4.69) is 11.0 Å². The molecule has 4 fully saturated rings. The molecule has 1 saturated heterocycles. The predicted octanol–water partition coefficient (Wildman–Crippen LogP) is 3.83. The Hall–Kier alpha value is -1.10. The molecular formula is C23H33ClN2O2. The van der Waals surface area contributed by atoms with Gasteiger partial charge in [-0.1, -0.05) is 18.6 Å². The van der Waals surface area contributed by atoms with Crippen molar-refractivity contribution in [3.63, 3.8) is 0 Å². The predicted molar refractivity (Wildman–Crippen MR) is 112 cm³/mol. The zero-order valence-corrected chi connectivity index (χ0v) is 17.6. The highest BCUT2D eigenvalue weighted by molar-refractivity contribution is 5.92. The first-order valence-electron chi connectivity index (χ1n) is 10.8. The number of ether oxygens (including phenoxy) is 1. The minimum absolute atomic E-state index is 0. The van der Waals surface area contributed by atoms with E-state index in [-0.39, 0.29) is 23.9 Å². The molecule has 6 atom stereocenters. The number of fused-ring (bicyclic) bond motifs is 3. The van der Waals surface area contributed by atoms with E-state index in [4.69, 9.17) is 10.5 Å². The summed E-state index contributed by atoms with van der Waals surface area (Å²) in [5.41, 5.74) is 7.03. The smallest absolute Gasteiger partial charge is 0.248 e. The van der Waals surface area contributed by atoms with Crippen LogP contribution in [0.4, 0.5) is 0 Å². The first-order valence-corrected chi connectivity index (χ1v) is 10.8. The molecule has 154 valence electrons. The van der Waals surface area contributed by atoms with E-state index in [1.807, 2.05) is 25.3 Å². The van der Waals surface area contributed by atoms with Gasteiger partial charge in [0.15, 0.2) is 0 Å². The van der Waals surface area contributed by atoms with Crippen LogP contribution < -0.4 is 5.73 Å². The number of hydrogen-bond acceptors (Lipinski definition) is 3. The molecule has 0 spiro atoms. The topological polar surface area (TPSA) is 55.6 Å². The van der Waals surface area contributed by atoms with Gasteiger partial charge in [-0.3, -0.25) is 4.79 Å². The number of likely N-dealkylation sites (tertiary alicyclic amines) is 1. The average Bonchev–Trinajstić information content (AvgIpc) is 3.27. The van der Waals surface area contributed by atoms with Crippen LogP contribution in [0.3, 0.4) is 0 Å². The van der Waals surface area contributed by atoms with Gasteiger partial charge in [-0.25, -0.2) is 0 Å². The Labute approximate surface area is 174 Å². The highest BCUT2D eigenvalue weighted by Crippen LogP contribution is 2.55. The highest BCUT2D eigenvalue weighted by Gasteiger charge is 2.54. The average molecular weight is 405 g/mol. The minimum Gasteiger partial charge on any atom is -0.373 e. The number of halogens is 1. The minimum atomic E-state index is -0.356. The lowest BCUT2D eigenvalue weighted by Crippen LogP contribution is -2.59. The number of primary amides is 1. The van der Waals surface area contributed by atoms with Crippen LogP contribution >= 0.6 is 12.4 Å². The Balaban J connectivity index is 0.00000192. The first-order chi connectivity index (χ1) is 13.1. The van der Waals surface area contributed by atoms with Crippen LogP contribution in [-0.2, 0) is 10.3 Å². The molecular weight excluding hydrogens is 372 g/mol. The van der Waals surface area contributed by atoms with E-state index in [1.165, 1.54) is 45.1 Å². The molecule has 2 unspecified atom stereocenters. The maximum absolute atomic E-state index is 11.7. The van der Waals surface area contributed by atoms with Crippen LogP contribution in [-0.4, -0.2) is 37.6 Å². The number of carbonyl (C=O) groups is 1. The van der Waals surface area contributed by atoms with E-state index >= 15 is 0 Å².